The zero-order chi connectivity index (χ0) is 20.4. The van der Waals surface area contributed by atoms with Gasteiger partial charge in [-0.05, 0) is 69.1 Å². The van der Waals surface area contributed by atoms with Crippen molar-refractivity contribution in [3.05, 3.63) is 101 Å². The number of nitrogens with zero attached hydrogens (tertiary/aromatic N) is 1. The first-order chi connectivity index (χ1) is 14.0. The predicted molar refractivity (Wildman–Crippen MR) is 120 cm³/mol. The van der Waals surface area contributed by atoms with Gasteiger partial charge in [0.05, 0.1) is 4.92 Å². The van der Waals surface area contributed by atoms with Gasteiger partial charge in [-0.1, -0.05) is 68.4 Å². The SMILES string of the molecule is CC(C)Cc1ccc(-c2cccc3cc(-c4ccc([N+](=O)[O-])cc4)ccc23)cc1. The third kappa shape index (κ3) is 4.04. The summed E-state index contributed by atoms with van der Waals surface area (Å²) >= 11 is 0. The van der Waals surface area contributed by atoms with Crippen LogP contribution in [-0.4, -0.2) is 4.92 Å². The van der Waals surface area contributed by atoms with Crippen LogP contribution >= 0.6 is 0 Å². The normalized spacial score (nSPS) is 11.1. The molecule has 0 aliphatic rings. The van der Waals surface area contributed by atoms with Crippen LogP contribution in [0.4, 0.5) is 5.69 Å². The fourth-order valence-corrected chi connectivity index (χ4v) is 3.78. The van der Waals surface area contributed by atoms with Crippen molar-refractivity contribution in [3.8, 4) is 22.3 Å². The Bertz CT molecular complexity index is 1160. The molecule has 4 rings (SSSR count). The van der Waals surface area contributed by atoms with Gasteiger partial charge in [0.1, 0.15) is 0 Å². The third-order valence-electron chi connectivity index (χ3n) is 5.20. The Labute approximate surface area is 170 Å². The first-order valence-electron chi connectivity index (χ1n) is 9.88. The van der Waals surface area contributed by atoms with E-state index >= 15 is 0 Å². The van der Waals surface area contributed by atoms with E-state index in [4.69, 9.17) is 0 Å². The van der Waals surface area contributed by atoms with E-state index < -0.39 is 0 Å². The molecular weight excluding hydrogens is 358 g/mol. The number of benzene rings is 4. The minimum atomic E-state index is -0.372. The topological polar surface area (TPSA) is 43.1 Å². The van der Waals surface area contributed by atoms with E-state index in [1.54, 1.807) is 24.3 Å². The van der Waals surface area contributed by atoms with Crippen LogP contribution in [0.25, 0.3) is 33.0 Å². The van der Waals surface area contributed by atoms with Gasteiger partial charge < -0.3 is 0 Å². The Morgan fingerprint density at radius 3 is 2.10 bits per heavy atom. The summed E-state index contributed by atoms with van der Waals surface area (Å²) < 4.78 is 0. The number of hydrogen-bond acceptors (Lipinski definition) is 2. The summed E-state index contributed by atoms with van der Waals surface area (Å²) in [5, 5.41) is 13.2. The minimum Gasteiger partial charge on any atom is -0.258 e. The van der Waals surface area contributed by atoms with Crippen molar-refractivity contribution in [1.29, 1.82) is 0 Å². The Balaban J connectivity index is 1.70. The van der Waals surface area contributed by atoms with Crippen LogP contribution in [-0.2, 0) is 6.42 Å². The second-order valence-electron chi connectivity index (χ2n) is 7.84. The molecule has 0 aliphatic carbocycles. The van der Waals surface area contributed by atoms with Crippen LogP contribution in [0.3, 0.4) is 0 Å². The molecule has 0 saturated carbocycles. The summed E-state index contributed by atoms with van der Waals surface area (Å²) in [6, 6.07) is 28.3. The van der Waals surface area contributed by atoms with Crippen molar-refractivity contribution >= 4 is 16.5 Å². The molecule has 4 aromatic rings. The van der Waals surface area contributed by atoms with Gasteiger partial charge >= 0.3 is 0 Å². The van der Waals surface area contributed by atoms with Crippen molar-refractivity contribution in [2.45, 2.75) is 20.3 Å². The Morgan fingerprint density at radius 1 is 0.793 bits per heavy atom. The van der Waals surface area contributed by atoms with Crippen LogP contribution < -0.4 is 0 Å². The van der Waals surface area contributed by atoms with Crippen LogP contribution in [0.2, 0.25) is 0 Å². The highest BCUT2D eigenvalue weighted by molar-refractivity contribution is 5.98. The lowest BCUT2D eigenvalue weighted by Crippen LogP contribution is -1.93. The van der Waals surface area contributed by atoms with E-state index in [1.807, 2.05) is 0 Å². The van der Waals surface area contributed by atoms with Gasteiger partial charge in [-0.15, -0.1) is 0 Å². The van der Waals surface area contributed by atoms with Gasteiger partial charge in [0.15, 0.2) is 0 Å². The maximum Gasteiger partial charge on any atom is 0.269 e. The molecule has 144 valence electrons. The lowest BCUT2D eigenvalue weighted by Gasteiger charge is -2.11. The Morgan fingerprint density at radius 2 is 1.45 bits per heavy atom. The minimum absolute atomic E-state index is 0.109. The molecule has 0 atom stereocenters. The Kier molecular flexibility index (Phi) is 5.13. The van der Waals surface area contributed by atoms with E-state index in [0.29, 0.717) is 5.92 Å². The average Bonchev–Trinajstić information content (AvgIpc) is 2.73. The maximum absolute atomic E-state index is 10.9. The smallest absolute Gasteiger partial charge is 0.258 e. The van der Waals surface area contributed by atoms with E-state index in [0.717, 1.165) is 22.9 Å². The van der Waals surface area contributed by atoms with Crippen LogP contribution in [0.5, 0.6) is 0 Å². The monoisotopic (exact) mass is 381 g/mol. The van der Waals surface area contributed by atoms with Gasteiger partial charge in [-0.2, -0.15) is 0 Å². The molecule has 0 bridgehead atoms. The van der Waals surface area contributed by atoms with Crippen LogP contribution in [0.1, 0.15) is 19.4 Å². The second-order valence-corrected chi connectivity index (χ2v) is 7.84. The van der Waals surface area contributed by atoms with E-state index in [-0.39, 0.29) is 10.6 Å². The van der Waals surface area contributed by atoms with Crippen molar-refractivity contribution in [1.82, 2.24) is 0 Å². The maximum atomic E-state index is 10.9. The quantitative estimate of drug-likeness (QED) is 0.269. The number of hydrogen-bond donors (Lipinski definition) is 0. The molecule has 0 saturated heterocycles. The molecule has 0 aromatic heterocycles. The molecule has 3 heteroatoms. The summed E-state index contributed by atoms with van der Waals surface area (Å²) in [7, 11) is 0. The molecule has 0 spiro atoms. The number of nitro groups is 1. The molecule has 4 aromatic carbocycles. The number of fused-ring (bicyclic) bond motifs is 1. The highest BCUT2D eigenvalue weighted by Gasteiger charge is 2.08. The Hall–Kier alpha value is -3.46. The van der Waals surface area contributed by atoms with E-state index in [9.17, 15) is 10.1 Å². The van der Waals surface area contributed by atoms with Gasteiger partial charge in [-0.3, -0.25) is 10.1 Å². The number of rotatable bonds is 5. The molecule has 0 unspecified atom stereocenters. The summed E-state index contributed by atoms with van der Waals surface area (Å²) in [6.07, 6.45) is 1.09. The van der Waals surface area contributed by atoms with Gasteiger partial charge in [0.25, 0.3) is 5.69 Å². The highest BCUT2D eigenvalue weighted by atomic mass is 16.6. The molecule has 29 heavy (non-hydrogen) atoms. The van der Waals surface area contributed by atoms with Crippen molar-refractivity contribution in [2.24, 2.45) is 5.92 Å². The summed E-state index contributed by atoms with van der Waals surface area (Å²) in [4.78, 5) is 10.5. The number of non-ortho nitro benzene ring substituents is 1. The lowest BCUT2D eigenvalue weighted by molar-refractivity contribution is -0.384. The van der Waals surface area contributed by atoms with Gasteiger partial charge in [0.2, 0.25) is 0 Å². The molecule has 0 fully saturated rings. The highest BCUT2D eigenvalue weighted by Crippen LogP contribution is 2.32. The summed E-state index contributed by atoms with van der Waals surface area (Å²) in [5.74, 6) is 0.649. The van der Waals surface area contributed by atoms with Gasteiger partial charge in [0, 0.05) is 12.1 Å². The van der Waals surface area contributed by atoms with Crippen LogP contribution in [0.15, 0.2) is 84.9 Å². The average molecular weight is 381 g/mol. The molecule has 0 radical (unpaired) electrons. The van der Waals surface area contributed by atoms with Crippen molar-refractivity contribution in [3.63, 3.8) is 0 Å². The molecule has 0 aliphatic heterocycles. The van der Waals surface area contributed by atoms with Gasteiger partial charge in [-0.25, -0.2) is 0 Å². The van der Waals surface area contributed by atoms with Crippen molar-refractivity contribution in [2.75, 3.05) is 0 Å². The summed E-state index contributed by atoms with van der Waals surface area (Å²) in [5.41, 5.74) is 5.93. The lowest BCUT2D eigenvalue weighted by atomic mass is 9.94. The zero-order valence-electron chi connectivity index (χ0n) is 16.6. The van der Waals surface area contributed by atoms with E-state index in [2.05, 4.69) is 74.5 Å². The molecule has 0 N–H and O–H groups in total. The first kappa shape index (κ1) is 18.9. The second kappa shape index (κ2) is 7.88. The van der Waals surface area contributed by atoms with Crippen molar-refractivity contribution < 1.29 is 4.92 Å². The predicted octanol–water partition coefficient (Wildman–Crippen LogP) is 7.28. The standard InChI is InChI=1S/C26H23NO2/c1-18(2)16-19-6-8-21(9-7-19)25-5-3-4-23-17-22(12-15-26(23)25)20-10-13-24(14-11-20)27(28)29/h3-15,17-18H,16H2,1-2H3. The van der Waals surface area contributed by atoms with Crippen LogP contribution in [0, 0.1) is 16.0 Å². The third-order valence-corrected chi connectivity index (χ3v) is 5.20. The number of nitro benzene ring substituents is 1. The fourth-order valence-electron chi connectivity index (χ4n) is 3.78. The van der Waals surface area contributed by atoms with E-state index in [1.165, 1.54) is 22.1 Å². The fraction of sp³-hybridized carbons (Fsp3) is 0.154. The zero-order valence-corrected chi connectivity index (χ0v) is 16.6. The largest absolute Gasteiger partial charge is 0.269 e. The first-order valence-corrected chi connectivity index (χ1v) is 9.88. The molecule has 0 amide bonds. The molecule has 0 heterocycles. The molecular formula is C26H23NO2. The summed E-state index contributed by atoms with van der Waals surface area (Å²) in [6.45, 7) is 4.47. The molecule has 3 nitrogen and oxygen atoms in total.